The van der Waals surface area contributed by atoms with E-state index in [4.69, 9.17) is 5.73 Å². The molecule has 3 N–H and O–H groups in total. The zero-order chi connectivity index (χ0) is 19.5. The van der Waals surface area contributed by atoms with Gasteiger partial charge in [-0.15, -0.1) is 0 Å². The van der Waals surface area contributed by atoms with E-state index in [0.29, 0.717) is 17.5 Å². The molecule has 0 aliphatic carbocycles. The normalized spacial score (nSPS) is 14.0. The zero-order valence-electron chi connectivity index (χ0n) is 14.7. The van der Waals surface area contributed by atoms with E-state index in [1.807, 2.05) is 13.8 Å². The molecule has 0 saturated heterocycles. The standard InChI is InChI=1S/C20H22F3NO2/c1-3-12(2)9-16(19(25)26)15-10-14(13-7-5-4-6-8-13)11-17(24)18(15)20(21,22)23/h4-8,10-12,16H,3,9,24H2,1-2H3,(H,25,26). The van der Waals surface area contributed by atoms with Crippen LogP contribution in [-0.2, 0) is 11.0 Å². The molecule has 0 heterocycles. The summed E-state index contributed by atoms with van der Waals surface area (Å²) in [7, 11) is 0. The fourth-order valence-corrected chi connectivity index (χ4v) is 3.02. The lowest BCUT2D eigenvalue weighted by Crippen LogP contribution is -2.21. The Kier molecular flexibility index (Phi) is 5.95. The molecule has 2 rings (SSSR count). The molecule has 0 aromatic heterocycles. The van der Waals surface area contributed by atoms with E-state index in [2.05, 4.69) is 0 Å². The molecule has 0 radical (unpaired) electrons. The van der Waals surface area contributed by atoms with E-state index in [9.17, 15) is 23.1 Å². The van der Waals surface area contributed by atoms with Gasteiger partial charge in [-0.1, -0.05) is 50.6 Å². The van der Waals surface area contributed by atoms with Crippen molar-refractivity contribution < 1.29 is 23.1 Å². The van der Waals surface area contributed by atoms with Crippen molar-refractivity contribution in [3.05, 3.63) is 53.6 Å². The van der Waals surface area contributed by atoms with Crippen LogP contribution in [0.4, 0.5) is 18.9 Å². The van der Waals surface area contributed by atoms with Crippen LogP contribution in [0, 0.1) is 5.92 Å². The molecule has 0 saturated carbocycles. The Hall–Kier alpha value is -2.50. The summed E-state index contributed by atoms with van der Waals surface area (Å²) in [6.07, 6.45) is -3.93. The maximum atomic E-state index is 13.6. The molecule has 0 spiro atoms. The molecular formula is C20H22F3NO2. The number of carboxylic acids is 1. The molecule has 3 nitrogen and oxygen atoms in total. The minimum absolute atomic E-state index is 0.0289. The molecule has 0 fully saturated rings. The van der Waals surface area contributed by atoms with Gasteiger partial charge in [-0.3, -0.25) is 4.79 Å². The Labute approximate surface area is 150 Å². The van der Waals surface area contributed by atoms with Crippen LogP contribution >= 0.6 is 0 Å². The fraction of sp³-hybridized carbons (Fsp3) is 0.350. The lowest BCUT2D eigenvalue weighted by atomic mass is 9.83. The number of aliphatic carboxylic acids is 1. The van der Waals surface area contributed by atoms with Gasteiger partial charge in [0.05, 0.1) is 11.5 Å². The first-order valence-electron chi connectivity index (χ1n) is 8.44. The van der Waals surface area contributed by atoms with Crippen molar-refractivity contribution in [2.24, 2.45) is 5.92 Å². The maximum Gasteiger partial charge on any atom is 0.418 e. The topological polar surface area (TPSA) is 63.3 Å². The molecule has 0 amide bonds. The van der Waals surface area contributed by atoms with E-state index in [0.717, 1.165) is 0 Å². The van der Waals surface area contributed by atoms with Gasteiger partial charge in [0.25, 0.3) is 0 Å². The summed E-state index contributed by atoms with van der Waals surface area (Å²) in [6, 6.07) is 11.4. The summed E-state index contributed by atoms with van der Waals surface area (Å²) in [6.45, 7) is 3.70. The third-order valence-corrected chi connectivity index (χ3v) is 4.60. The van der Waals surface area contributed by atoms with Gasteiger partial charge in [-0.2, -0.15) is 13.2 Å². The van der Waals surface area contributed by atoms with Crippen molar-refractivity contribution in [1.82, 2.24) is 0 Å². The summed E-state index contributed by atoms with van der Waals surface area (Å²) in [5.74, 6) is -2.58. The van der Waals surface area contributed by atoms with Crippen LogP contribution in [0.2, 0.25) is 0 Å². The number of carboxylic acid groups (broad SMARTS) is 1. The molecule has 6 heteroatoms. The van der Waals surface area contributed by atoms with Crippen LogP contribution in [0.25, 0.3) is 11.1 Å². The average Bonchev–Trinajstić information content (AvgIpc) is 2.58. The van der Waals surface area contributed by atoms with Crippen LogP contribution in [0.5, 0.6) is 0 Å². The van der Waals surface area contributed by atoms with Gasteiger partial charge in [-0.25, -0.2) is 0 Å². The van der Waals surface area contributed by atoms with Crippen LogP contribution in [-0.4, -0.2) is 11.1 Å². The predicted octanol–water partition coefficient (Wildman–Crippen LogP) is 5.56. The summed E-state index contributed by atoms with van der Waals surface area (Å²) in [5.41, 5.74) is 5.11. The van der Waals surface area contributed by atoms with Gasteiger partial charge < -0.3 is 10.8 Å². The quantitative estimate of drug-likeness (QED) is 0.659. The molecule has 2 unspecified atom stereocenters. The number of benzene rings is 2. The van der Waals surface area contributed by atoms with E-state index in [-0.39, 0.29) is 17.9 Å². The number of alkyl halides is 3. The smallest absolute Gasteiger partial charge is 0.418 e. The van der Waals surface area contributed by atoms with Crippen LogP contribution in [0.1, 0.15) is 43.7 Å². The summed E-state index contributed by atoms with van der Waals surface area (Å²) in [5, 5.41) is 9.61. The van der Waals surface area contributed by atoms with Crippen molar-refractivity contribution >= 4 is 11.7 Å². The van der Waals surface area contributed by atoms with Crippen LogP contribution in [0.15, 0.2) is 42.5 Å². The molecule has 0 aliphatic rings. The summed E-state index contributed by atoms with van der Waals surface area (Å²) < 4.78 is 40.8. The van der Waals surface area contributed by atoms with Crippen molar-refractivity contribution in [2.75, 3.05) is 5.73 Å². The number of nitrogen functional groups attached to an aromatic ring is 1. The van der Waals surface area contributed by atoms with Crippen molar-refractivity contribution in [3.63, 3.8) is 0 Å². The van der Waals surface area contributed by atoms with Crippen molar-refractivity contribution in [1.29, 1.82) is 0 Å². The molecular weight excluding hydrogens is 343 g/mol. The number of nitrogens with two attached hydrogens (primary N) is 1. The fourth-order valence-electron chi connectivity index (χ4n) is 3.02. The Bertz CT molecular complexity index is 773. The Morgan fingerprint density at radius 3 is 2.27 bits per heavy atom. The van der Waals surface area contributed by atoms with Gasteiger partial charge in [0.15, 0.2) is 0 Å². The predicted molar refractivity (Wildman–Crippen MR) is 95.7 cm³/mol. The molecule has 0 aliphatic heterocycles. The van der Waals surface area contributed by atoms with Crippen molar-refractivity contribution in [2.45, 2.75) is 38.8 Å². The monoisotopic (exact) mass is 365 g/mol. The SMILES string of the molecule is CCC(C)CC(C(=O)O)c1cc(-c2ccccc2)cc(N)c1C(F)(F)F. The molecule has 0 bridgehead atoms. The molecule has 2 aromatic rings. The number of anilines is 1. The first-order chi connectivity index (χ1) is 12.1. The van der Waals surface area contributed by atoms with Gasteiger partial charge in [0, 0.05) is 5.69 Å². The Morgan fingerprint density at radius 2 is 1.77 bits per heavy atom. The largest absolute Gasteiger partial charge is 0.481 e. The molecule has 2 atom stereocenters. The van der Waals surface area contributed by atoms with Gasteiger partial charge >= 0.3 is 12.1 Å². The average molecular weight is 365 g/mol. The van der Waals surface area contributed by atoms with Crippen molar-refractivity contribution in [3.8, 4) is 11.1 Å². The number of carbonyl (C=O) groups is 1. The number of halogens is 3. The van der Waals surface area contributed by atoms with E-state index in [1.165, 1.54) is 12.1 Å². The highest BCUT2D eigenvalue weighted by atomic mass is 19.4. The zero-order valence-corrected chi connectivity index (χ0v) is 14.7. The first kappa shape index (κ1) is 19.8. The summed E-state index contributed by atoms with van der Waals surface area (Å²) >= 11 is 0. The number of hydrogen-bond acceptors (Lipinski definition) is 2. The van der Waals surface area contributed by atoms with Gasteiger partial charge in [0.1, 0.15) is 0 Å². The van der Waals surface area contributed by atoms with E-state index < -0.39 is 29.3 Å². The third kappa shape index (κ3) is 4.36. The van der Waals surface area contributed by atoms with E-state index >= 15 is 0 Å². The minimum atomic E-state index is -4.72. The maximum absolute atomic E-state index is 13.6. The van der Waals surface area contributed by atoms with Crippen LogP contribution in [0.3, 0.4) is 0 Å². The van der Waals surface area contributed by atoms with Crippen LogP contribution < -0.4 is 5.73 Å². The molecule has 2 aromatic carbocycles. The van der Waals surface area contributed by atoms with E-state index in [1.54, 1.807) is 30.3 Å². The number of hydrogen-bond donors (Lipinski definition) is 2. The lowest BCUT2D eigenvalue weighted by Gasteiger charge is -2.23. The Balaban J connectivity index is 2.69. The lowest BCUT2D eigenvalue weighted by molar-refractivity contribution is -0.141. The molecule has 26 heavy (non-hydrogen) atoms. The third-order valence-electron chi connectivity index (χ3n) is 4.60. The second-order valence-electron chi connectivity index (χ2n) is 6.53. The second-order valence-corrected chi connectivity index (χ2v) is 6.53. The minimum Gasteiger partial charge on any atom is -0.481 e. The Morgan fingerprint density at radius 1 is 1.15 bits per heavy atom. The highest BCUT2D eigenvalue weighted by Crippen LogP contribution is 2.43. The molecule has 140 valence electrons. The summed E-state index contributed by atoms with van der Waals surface area (Å²) in [4.78, 5) is 11.8. The van der Waals surface area contributed by atoms with Gasteiger partial charge in [-0.05, 0) is 41.2 Å². The number of rotatable bonds is 6. The first-order valence-corrected chi connectivity index (χ1v) is 8.44. The highest BCUT2D eigenvalue weighted by Gasteiger charge is 2.39. The highest BCUT2D eigenvalue weighted by molar-refractivity contribution is 5.80. The second kappa shape index (κ2) is 7.81. The van der Waals surface area contributed by atoms with Gasteiger partial charge in [0.2, 0.25) is 0 Å².